The second kappa shape index (κ2) is 19.0. The number of hydrazine groups is 1. The number of cyclic esters (lactones) is 1. The molecule has 2 aromatic rings. The molecule has 0 saturated carbocycles. The summed E-state index contributed by atoms with van der Waals surface area (Å²) in [7, 11) is 5.41. The number of hydrogen-bond donors (Lipinski definition) is 2. The number of benzene rings is 1. The van der Waals surface area contributed by atoms with Crippen LogP contribution in [0.4, 0.5) is 4.79 Å². The molecule has 15 heteroatoms. The van der Waals surface area contributed by atoms with Crippen LogP contribution in [0.2, 0.25) is 0 Å². The van der Waals surface area contributed by atoms with E-state index in [9.17, 15) is 24.6 Å². The number of carbonyl (C=O) groups is 3. The number of aliphatic hydroxyl groups is 2. The number of methoxy groups -OCH3 is 1. The second-order valence-corrected chi connectivity index (χ2v) is 19.5. The number of aliphatic hydroxyl groups excluding tert-OH is 1. The predicted molar refractivity (Wildman–Crippen MR) is 234 cm³/mol. The summed E-state index contributed by atoms with van der Waals surface area (Å²) in [6.07, 6.45) is -0.690. The van der Waals surface area contributed by atoms with Gasteiger partial charge in [0.15, 0.2) is 17.7 Å². The minimum absolute atomic E-state index is 0.0149. The second-order valence-electron chi connectivity index (χ2n) is 19.5. The Hall–Kier alpha value is -3.44. The number of Topliss-reactive ketones (excluding diaryl/α,β-unsaturated/α-hetero) is 1. The molecule has 0 aliphatic carbocycles. The Balaban J connectivity index is 1.40. The van der Waals surface area contributed by atoms with Crippen LogP contribution in [0, 0.1) is 23.7 Å². The number of ether oxygens (including phenoxy) is 5. The number of ketones is 1. The Labute approximate surface area is 368 Å². The van der Waals surface area contributed by atoms with Crippen molar-refractivity contribution in [2.24, 2.45) is 23.7 Å². The minimum Gasteiger partial charge on any atom is -0.497 e. The van der Waals surface area contributed by atoms with Crippen molar-refractivity contribution in [3.05, 3.63) is 36.0 Å². The van der Waals surface area contributed by atoms with E-state index in [1.165, 1.54) is 6.92 Å². The quantitative estimate of drug-likeness (QED) is 0.230. The smallest absolute Gasteiger partial charge is 0.425 e. The number of likely N-dealkylation sites (N-methyl/N-ethyl adjacent to an activating group) is 1. The summed E-state index contributed by atoms with van der Waals surface area (Å²) in [5.41, 5.74) is -0.954. The molecule has 15 nitrogen and oxygen atoms in total. The zero-order chi connectivity index (χ0) is 45.6. The highest BCUT2D eigenvalue weighted by molar-refractivity contribution is 6.00. The zero-order valence-electron chi connectivity index (χ0n) is 39.2. The molecule has 0 spiro atoms. The first-order valence-corrected chi connectivity index (χ1v) is 22.7. The number of amides is 1. The number of aryl methyl sites for hydroxylation is 1. The zero-order valence-corrected chi connectivity index (χ0v) is 39.2. The van der Waals surface area contributed by atoms with Crippen molar-refractivity contribution in [1.29, 1.82) is 0 Å². The predicted octanol–water partition coefficient (Wildman–Crippen LogP) is 5.42. The van der Waals surface area contributed by atoms with E-state index in [1.807, 2.05) is 70.2 Å². The van der Waals surface area contributed by atoms with Crippen LogP contribution in [0.15, 0.2) is 30.5 Å². The maximum atomic E-state index is 14.5. The molecule has 5 heterocycles. The molecule has 0 radical (unpaired) electrons. The van der Waals surface area contributed by atoms with Gasteiger partial charge < -0.3 is 38.8 Å². The van der Waals surface area contributed by atoms with Crippen molar-refractivity contribution < 1.29 is 48.3 Å². The number of hydrogen-bond acceptors (Lipinski definition) is 14. The van der Waals surface area contributed by atoms with Gasteiger partial charge in [-0.2, -0.15) is 0 Å². The van der Waals surface area contributed by atoms with Crippen molar-refractivity contribution in [1.82, 2.24) is 24.8 Å². The fourth-order valence-corrected chi connectivity index (χ4v) is 11.3. The van der Waals surface area contributed by atoms with Crippen LogP contribution >= 0.6 is 0 Å². The summed E-state index contributed by atoms with van der Waals surface area (Å²) in [5, 5.41) is 29.2. The molecule has 1 amide bonds. The van der Waals surface area contributed by atoms with Gasteiger partial charge in [0.1, 0.15) is 23.9 Å². The standard InChI is InChI=1S/C47H73N5O10/c1-14-37-47(10)41-29(6)38(51(26(2)3)25-50(52(41)45(56)62-47)21-15-16-32-19-20-48-35-23-33(58-13)17-18-34(32)35)27(4)24-46(9,57)42(30(7)39(53)31(8)43(55)60-37)61-44-40(54)36(49(11)12)22-28(5)59-44/h17-20,23,26-31,36-38,40-42,44,54,57H,14-16,21-22,24-25H2,1-13H3/t27-,28-,29-,30+,31-,36+,37+,38?,40-,41-,42-,44+,46+,47-/m1/s1. The molecule has 2 N–H and O–H groups in total. The van der Waals surface area contributed by atoms with Crippen LogP contribution in [-0.4, -0.2) is 153 Å². The van der Waals surface area contributed by atoms with Gasteiger partial charge in [-0.05, 0) is 123 Å². The van der Waals surface area contributed by atoms with Crippen LogP contribution in [0.5, 0.6) is 5.75 Å². The summed E-state index contributed by atoms with van der Waals surface area (Å²) in [4.78, 5) is 52.0. The SMILES string of the molecule is CC[C@@H]1OC(=O)[C@H](C)C(=O)[C@H](C)[C@@H](O[C@@H]2O[C@H](C)C[C@H](N(C)C)[C@H]2O)[C@@](C)(O)C[C@@H](C)C2[C@@H](C)[C@H]3N(C(=O)O[C@]13C)N(CCCc1ccnc3cc(OC)ccc13)CN2C(C)C. The van der Waals surface area contributed by atoms with E-state index < -0.39 is 71.5 Å². The molecule has 4 aliphatic rings. The number of pyridine rings is 1. The normalized spacial score (nSPS) is 38.0. The van der Waals surface area contributed by atoms with Crippen molar-refractivity contribution in [2.45, 2.75) is 167 Å². The molecule has 4 fully saturated rings. The van der Waals surface area contributed by atoms with Gasteiger partial charge in [-0.3, -0.25) is 19.5 Å². The highest BCUT2D eigenvalue weighted by Gasteiger charge is 2.63. The summed E-state index contributed by atoms with van der Waals surface area (Å²) in [5.74, 6) is -3.21. The average molecular weight is 868 g/mol. The van der Waals surface area contributed by atoms with E-state index in [2.05, 4.69) is 42.6 Å². The molecule has 346 valence electrons. The summed E-state index contributed by atoms with van der Waals surface area (Å²) >= 11 is 0. The van der Waals surface area contributed by atoms with E-state index in [0.717, 1.165) is 28.6 Å². The summed E-state index contributed by atoms with van der Waals surface area (Å²) in [6, 6.07) is 6.84. The van der Waals surface area contributed by atoms with E-state index in [4.69, 9.17) is 23.7 Å². The van der Waals surface area contributed by atoms with Crippen LogP contribution in [-0.2, 0) is 35.0 Å². The number of aromatic nitrogens is 1. The fourth-order valence-electron chi connectivity index (χ4n) is 11.3. The average Bonchev–Trinajstić information content (AvgIpc) is 3.40. The number of carbonyl (C=O) groups excluding carboxylic acids is 3. The molecular weight excluding hydrogens is 795 g/mol. The van der Waals surface area contributed by atoms with Gasteiger partial charge in [-0.1, -0.05) is 27.7 Å². The van der Waals surface area contributed by atoms with Crippen molar-refractivity contribution in [3.8, 4) is 5.75 Å². The van der Waals surface area contributed by atoms with Crippen LogP contribution in [0.25, 0.3) is 10.9 Å². The molecule has 4 aliphatic heterocycles. The summed E-state index contributed by atoms with van der Waals surface area (Å²) in [6.45, 7) is 19.9. The molecule has 14 atom stereocenters. The third kappa shape index (κ3) is 9.23. The van der Waals surface area contributed by atoms with E-state index >= 15 is 0 Å². The maximum absolute atomic E-state index is 14.5. The van der Waals surface area contributed by atoms with Gasteiger partial charge in [0.05, 0.1) is 43.1 Å². The van der Waals surface area contributed by atoms with Crippen LogP contribution in [0.1, 0.15) is 100 Å². The Morgan fingerprint density at radius 1 is 1.06 bits per heavy atom. The molecule has 62 heavy (non-hydrogen) atoms. The topological polar surface area (TPSA) is 164 Å². The van der Waals surface area contributed by atoms with Gasteiger partial charge >= 0.3 is 12.1 Å². The third-order valence-electron chi connectivity index (χ3n) is 14.4. The van der Waals surface area contributed by atoms with E-state index in [1.54, 1.807) is 26.0 Å². The Morgan fingerprint density at radius 3 is 2.42 bits per heavy atom. The fraction of sp³-hybridized carbons (Fsp3) is 0.745. The first kappa shape index (κ1) is 48.0. The van der Waals surface area contributed by atoms with Crippen molar-refractivity contribution in [2.75, 3.05) is 34.4 Å². The van der Waals surface area contributed by atoms with Gasteiger partial charge in [-0.25, -0.2) is 14.8 Å². The first-order valence-electron chi connectivity index (χ1n) is 22.7. The highest BCUT2D eigenvalue weighted by Crippen LogP contribution is 2.47. The molecule has 1 aromatic heterocycles. The number of fused-ring (bicyclic) bond motifs is 2. The molecule has 2 bridgehead atoms. The lowest BCUT2D eigenvalue weighted by molar-refractivity contribution is -0.293. The first-order chi connectivity index (χ1) is 29.1. The molecular formula is C47H73N5O10. The third-order valence-corrected chi connectivity index (χ3v) is 14.4. The van der Waals surface area contributed by atoms with E-state index in [0.29, 0.717) is 32.5 Å². The number of rotatable bonds is 10. The lowest BCUT2D eigenvalue weighted by Gasteiger charge is -2.48. The lowest BCUT2D eigenvalue weighted by Crippen LogP contribution is -2.61. The molecule has 1 aromatic carbocycles. The molecule has 6 rings (SSSR count). The molecule has 1 unspecified atom stereocenters. The Bertz CT molecular complexity index is 1910. The highest BCUT2D eigenvalue weighted by atomic mass is 16.7. The Kier molecular flexibility index (Phi) is 14.7. The minimum atomic E-state index is -1.65. The van der Waals surface area contributed by atoms with Gasteiger partial charge in [0.2, 0.25) is 0 Å². The number of nitrogens with zero attached hydrogens (tertiary/aromatic N) is 5. The largest absolute Gasteiger partial charge is 0.497 e. The molecule has 4 saturated heterocycles. The van der Waals surface area contributed by atoms with Crippen LogP contribution in [0.3, 0.4) is 0 Å². The van der Waals surface area contributed by atoms with Crippen molar-refractivity contribution in [3.63, 3.8) is 0 Å². The van der Waals surface area contributed by atoms with Gasteiger partial charge in [0.25, 0.3) is 0 Å². The number of esters is 1. The lowest BCUT2D eigenvalue weighted by atomic mass is 9.71. The van der Waals surface area contributed by atoms with E-state index in [-0.39, 0.29) is 42.5 Å². The van der Waals surface area contributed by atoms with Gasteiger partial charge in [-0.15, -0.1) is 0 Å². The Morgan fingerprint density at radius 2 is 1.77 bits per heavy atom. The van der Waals surface area contributed by atoms with Gasteiger partial charge in [0, 0.05) is 48.2 Å². The van der Waals surface area contributed by atoms with Crippen LogP contribution < -0.4 is 4.74 Å². The van der Waals surface area contributed by atoms with Crippen molar-refractivity contribution >= 4 is 28.7 Å². The summed E-state index contributed by atoms with van der Waals surface area (Å²) < 4.78 is 31.0. The maximum Gasteiger partial charge on any atom is 0.425 e. The monoisotopic (exact) mass is 868 g/mol.